The molecule has 0 amide bonds. The van der Waals surface area contributed by atoms with Gasteiger partial charge in [0.2, 0.25) is 0 Å². The molecule has 0 unspecified atom stereocenters. The van der Waals surface area contributed by atoms with Crippen molar-refractivity contribution in [2.45, 2.75) is 12.8 Å². The number of alkyl halides is 3. The fraction of sp³-hybridized carbons (Fsp3) is 0.333. The Hall–Kier alpha value is -0.300. The van der Waals surface area contributed by atoms with Crippen molar-refractivity contribution in [3.05, 3.63) is 32.9 Å². The van der Waals surface area contributed by atoms with Gasteiger partial charge in [0, 0.05) is 10.7 Å². The molecule has 1 nitrogen and oxygen atoms in total. The zero-order chi connectivity index (χ0) is 10.8. The molecule has 0 saturated carbocycles. The smallest absolute Gasteiger partial charge is 0.380 e. The third-order valence-corrected chi connectivity index (χ3v) is 2.68. The van der Waals surface area contributed by atoms with Crippen LogP contribution in [0.25, 0.3) is 0 Å². The van der Waals surface area contributed by atoms with Crippen molar-refractivity contribution in [1.82, 2.24) is 0 Å². The van der Waals surface area contributed by atoms with Crippen molar-refractivity contribution < 1.29 is 17.9 Å². The molecule has 78 valence electrons. The Morgan fingerprint density at radius 2 is 2.00 bits per heavy atom. The van der Waals surface area contributed by atoms with Crippen LogP contribution in [0.3, 0.4) is 0 Å². The summed E-state index contributed by atoms with van der Waals surface area (Å²) in [5.74, 6) is 0. The first kappa shape index (κ1) is 11.8. The second kappa shape index (κ2) is 4.48. The van der Waals surface area contributed by atoms with Crippen LogP contribution in [0.2, 0.25) is 0 Å². The second-order valence-corrected chi connectivity index (χ2v) is 3.90. The van der Waals surface area contributed by atoms with Crippen molar-refractivity contribution >= 4 is 22.6 Å². The third kappa shape index (κ3) is 2.84. The van der Waals surface area contributed by atoms with Crippen LogP contribution >= 0.6 is 22.6 Å². The van der Waals surface area contributed by atoms with Gasteiger partial charge < -0.3 is 4.74 Å². The molecule has 0 heterocycles. The van der Waals surface area contributed by atoms with Crippen LogP contribution in [0.1, 0.15) is 11.1 Å². The van der Waals surface area contributed by atoms with E-state index in [1.54, 1.807) is 0 Å². The molecule has 0 fully saturated rings. The van der Waals surface area contributed by atoms with Gasteiger partial charge in [0.15, 0.2) is 0 Å². The lowest BCUT2D eigenvalue weighted by atomic mass is 10.1. The molecule has 0 atom stereocenters. The molecule has 0 bridgehead atoms. The molecule has 0 N–H and O–H groups in total. The standard InChI is InChI=1S/C9H8F3IO/c1-14-5-6-2-3-7(4-8(6)13)9(10,11)12/h2-4H,5H2,1H3. The Balaban J connectivity index is 3.01. The lowest BCUT2D eigenvalue weighted by molar-refractivity contribution is -0.137. The van der Waals surface area contributed by atoms with E-state index in [-0.39, 0.29) is 0 Å². The highest BCUT2D eigenvalue weighted by Crippen LogP contribution is 2.31. The normalized spacial score (nSPS) is 11.8. The fourth-order valence-electron chi connectivity index (χ4n) is 0.996. The van der Waals surface area contributed by atoms with Gasteiger partial charge in [-0.15, -0.1) is 0 Å². The summed E-state index contributed by atoms with van der Waals surface area (Å²) in [6, 6.07) is 3.62. The lowest BCUT2D eigenvalue weighted by Gasteiger charge is -2.09. The van der Waals surface area contributed by atoms with Gasteiger partial charge >= 0.3 is 6.18 Å². The molecule has 0 saturated heterocycles. The van der Waals surface area contributed by atoms with Gasteiger partial charge in [-0.1, -0.05) is 6.07 Å². The number of benzene rings is 1. The minimum absolute atomic E-state index is 0.330. The van der Waals surface area contributed by atoms with Gasteiger partial charge in [0.05, 0.1) is 12.2 Å². The topological polar surface area (TPSA) is 9.23 Å². The Labute approximate surface area is 93.4 Å². The van der Waals surface area contributed by atoms with E-state index >= 15 is 0 Å². The summed E-state index contributed by atoms with van der Waals surface area (Å²) in [6.07, 6.45) is -4.27. The summed E-state index contributed by atoms with van der Waals surface area (Å²) >= 11 is 1.87. The lowest BCUT2D eigenvalue weighted by Crippen LogP contribution is -2.06. The quantitative estimate of drug-likeness (QED) is 0.760. The molecule has 5 heteroatoms. The highest BCUT2D eigenvalue weighted by molar-refractivity contribution is 14.1. The molecule has 0 aliphatic carbocycles. The first-order valence-corrected chi connectivity index (χ1v) is 4.87. The van der Waals surface area contributed by atoms with Gasteiger partial charge in [-0.3, -0.25) is 0 Å². The Bertz CT molecular complexity index is 322. The maximum atomic E-state index is 12.3. The van der Waals surface area contributed by atoms with Crippen molar-refractivity contribution in [2.75, 3.05) is 7.11 Å². The first-order chi connectivity index (χ1) is 6.45. The summed E-state index contributed by atoms with van der Waals surface area (Å²) in [5.41, 5.74) is 0.142. The van der Waals surface area contributed by atoms with E-state index in [1.165, 1.54) is 13.2 Å². The predicted molar refractivity (Wildman–Crippen MR) is 54.9 cm³/mol. The highest BCUT2D eigenvalue weighted by atomic mass is 127. The molecule has 1 rings (SSSR count). The third-order valence-electron chi connectivity index (χ3n) is 1.68. The largest absolute Gasteiger partial charge is 0.416 e. The zero-order valence-electron chi connectivity index (χ0n) is 7.36. The van der Waals surface area contributed by atoms with Crippen molar-refractivity contribution in [3.63, 3.8) is 0 Å². The number of hydrogen-bond donors (Lipinski definition) is 0. The molecule has 0 aromatic heterocycles. The SMILES string of the molecule is COCc1ccc(C(F)(F)F)cc1I. The summed E-state index contributed by atoms with van der Waals surface area (Å²) in [5, 5.41) is 0. The van der Waals surface area contributed by atoms with E-state index in [4.69, 9.17) is 4.74 Å². The molecule has 0 aliphatic rings. The van der Waals surface area contributed by atoms with Gasteiger partial charge in [0.1, 0.15) is 0 Å². The summed E-state index contributed by atoms with van der Waals surface area (Å²) in [7, 11) is 1.51. The fourth-order valence-corrected chi connectivity index (χ4v) is 1.67. The van der Waals surface area contributed by atoms with E-state index in [0.29, 0.717) is 10.2 Å². The van der Waals surface area contributed by atoms with E-state index in [0.717, 1.165) is 17.7 Å². The Morgan fingerprint density at radius 3 is 2.43 bits per heavy atom. The maximum absolute atomic E-state index is 12.3. The van der Waals surface area contributed by atoms with Crippen LogP contribution in [0.5, 0.6) is 0 Å². The van der Waals surface area contributed by atoms with Crippen LogP contribution in [-0.4, -0.2) is 7.11 Å². The van der Waals surface area contributed by atoms with Crippen LogP contribution < -0.4 is 0 Å². The van der Waals surface area contributed by atoms with Gasteiger partial charge in [0.25, 0.3) is 0 Å². The molecular weight excluding hydrogens is 308 g/mol. The van der Waals surface area contributed by atoms with Crippen molar-refractivity contribution in [2.24, 2.45) is 0 Å². The van der Waals surface area contributed by atoms with Crippen molar-refractivity contribution in [1.29, 1.82) is 0 Å². The van der Waals surface area contributed by atoms with Crippen LogP contribution in [0.15, 0.2) is 18.2 Å². The monoisotopic (exact) mass is 316 g/mol. The predicted octanol–water partition coefficient (Wildman–Crippen LogP) is 3.46. The molecule has 14 heavy (non-hydrogen) atoms. The van der Waals surface area contributed by atoms with Crippen LogP contribution in [0.4, 0.5) is 13.2 Å². The molecule has 0 spiro atoms. The van der Waals surface area contributed by atoms with E-state index in [9.17, 15) is 13.2 Å². The van der Waals surface area contributed by atoms with Gasteiger partial charge in [-0.2, -0.15) is 13.2 Å². The first-order valence-electron chi connectivity index (χ1n) is 3.79. The van der Waals surface area contributed by atoms with E-state index in [2.05, 4.69) is 0 Å². The zero-order valence-corrected chi connectivity index (χ0v) is 9.52. The number of halogens is 4. The van der Waals surface area contributed by atoms with Gasteiger partial charge in [-0.25, -0.2) is 0 Å². The van der Waals surface area contributed by atoms with Gasteiger partial charge in [-0.05, 0) is 40.3 Å². The molecule has 0 radical (unpaired) electrons. The molecular formula is C9H8F3IO. The average molecular weight is 316 g/mol. The summed E-state index contributed by atoms with van der Waals surface area (Å²) in [6.45, 7) is 0.330. The average Bonchev–Trinajstić information content (AvgIpc) is 2.07. The molecule has 0 aliphatic heterocycles. The minimum Gasteiger partial charge on any atom is -0.380 e. The molecule has 1 aromatic rings. The van der Waals surface area contributed by atoms with Crippen LogP contribution in [-0.2, 0) is 17.5 Å². The number of rotatable bonds is 2. The summed E-state index contributed by atoms with van der Waals surface area (Å²) in [4.78, 5) is 0. The number of hydrogen-bond acceptors (Lipinski definition) is 1. The number of methoxy groups -OCH3 is 1. The minimum atomic E-state index is -4.27. The Kier molecular flexibility index (Phi) is 3.77. The van der Waals surface area contributed by atoms with Crippen molar-refractivity contribution in [3.8, 4) is 0 Å². The maximum Gasteiger partial charge on any atom is 0.416 e. The highest BCUT2D eigenvalue weighted by Gasteiger charge is 2.30. The summed E-state index contributed by atoms with van der Waals surface area (Å²) < 4.78 is 42.2. The molecule has 1 aromatic carbocycles. The number of ether oxygens (including phenoxy) is 1. The Morgan fingerprint density at radius 1 is 1.36 bits per heavy atom. The van der Waals surface area contributed by atoms with Crippen LogP contribution in [0, 0.1) is 3.57 Å². The van der Waals surface area contributed by atoms with E-state index < -0.39 is 11.7 Å². The second-order valence-electron chi connectivity index (χ2n) is 2.74. The van der Waals surface area contributed by atoms with E-state index in [1.807, 2.05) is 22.6 Å².